The number of nitrogens with zero attached hydrogens (tertiary/aromatic N) is 2. The third-order valence-corrected chi connectivity index (χ3v) is 6.22. The van der Waals surface area contributed by atoms with E-state index in [1.807, 2.05) is 17.5 Å². The second kappa shape index (κ2) is 6.72. The number of thiophene rings is 1. The second-order valence-electron chi connectivity index (χ2n) is 6.72. The highest BCUT2D eigenvalue weighted by atomic mass is 32.1. The zero-order chi connectivity index (χ0) is 17.4. The van der Waals surface area contributed by atoms with Gasteiger partial charge in [-0.15, -0.1) is 11.3 Å². The number of hydrogen-bond donors (Lipinski definition) is 1. The normalized spacial score (nSPS) is 24.5. The van der Waals surface area contributed by atoms with Gasteiger partial charge in [-0.3, -0.25) is 19.3 Å². The molecule has 1 aliphatic carbocycles. The van der Waals surface area contributed by atoms with Gasteiger partial charge < -0.3 is 10.2 Å². The molecule has 1 atom stereocenters. The molecule has 0 radical (unpaired) electrons. The highest BCUT2D eigenvalue weighted by Crippen LogP contribution is 2.36. The van der Waals surface area contributed by atoms with Crippen LogP contribution in [0.3, 0.4) is 0 Å². The van der Waals surface area contributed by atoms with Crippen LogP contribution in [0, 0.1) is 0 Å². The number of Topliss-reactive ketones (excluding diaryl/α,β-unsaturated/α-hetero) is 1. The number of hydrogen-bond acceptors (Lipinski definition) is 5. The van der Waals surface area contributed by atoms with Crippen molar-refractivity contribution in [3.8, 4) is 0 Å². The Hall–Kier alpha value is -1.99. The van der Waals surface area contributed by atoms with Crippen LogP contribution < -0.4 is 5.32 Å². The molecule has 6 nitrogen and oxygen atoms in total. The van der Waals surface area contributed by atoms with Crippen LogP contribution in [0.2, 0.25) is 0 Å². The molecule has 0 bridgehead atoms. The smallest absolute Gasteiger partial charge is 0.239 e. The molecule has 4 rings (SSSR count). The number of fused-ring (bicyclic) bond motifs is 1. The molecule has 7 heteroatoms. The molecule has 25 heavy (non-hydrogen) atoms. The molecule has 132 valence electrons. The molecular formula is C18H21N3O3S. The van der Waals surface area contributed by atoms with E-state index in [-0.39, 0.29) is 30.1 Å². The third kappa shape index (κ3) is 3.14. The molecule has 0 aromatic carbocycles. The van der Waals surface area contributed by atoms with Crippen molar-refractivity contribution >= 4 is 34.5 Å². The van der Waals surface area contributed by atoms with Crippen LogP contribution in [0.4, 0.5) is 0 Å². The first-order valence-electron chi connectivity index (χ1n) is 8.72. The summed E-state index contributed by atoms with van der Waals surface area (Å²) in [5, 5.41) is 4.86. The van der Waals surface area contributed by atoms with Crippen molar-refractivity contribution in [3.05, 3.63) is 28.0 Å². The van der Waals surface area contributed by atoms with Crippen LogP contribution in [0.5, 0.6) is 0 Å². The number of piperazine rings is 2. The van der Waals surface area contributed by atoms with Crippen molar-refractivity contribution < 1.29 is 14.4 Å². The molecule has 2 amide bonds. The Morgan fingerprint density at radius 3 is 2.92 bits per heavy atom. The predicted molar refractivity (Wildman–Crippen MR) is 95.0 cm³/mol. The Morgan fingerprint density at radius 1 is 1.24 bits per heavy atom. The Balaban J connectivity index is 1.49. The first-order chi connectivity index (χ1) is 12.1. The molecule has 2 fully saturated rings. The lowest BCUT2D eigenvalue weighted by molar-refractivity contribution is -0.139. The van der Waals surface area contributed by atoms with Gasteiger partial charge in [0.15, 0.2) is 5.78 Å². The van der Waals surface area contributed by atoms with Gasteiger partial charge in [0, 0.05) is 49.6 Å². The van der Waals surface area contributed by atoms with E-state index in [9.17, 15) is 14.4 Å². The minimum absolute atomic E-state index is 0.000757. The quantitative estimate of drug-likeness (QED) is 0.871. The van der Waals surface area contributed by atoms with E-state index in [1.165, 1.54) is 0 Å². The lowest BCUT2D eigenvalue weighted by Crippen LogP contribution is -2.64. The molecule has 0 unspecified atom stereocenters. The average molecular weight is 359 g/mol. The van der Waals surface area contributed by atoms with E-state index in [2.05, 4.69) is 10.2 Å². The van der Waals surface area contributed by atoms with Crippen LogP contribution in [0.25, 0.3) is 5.57 Å². The maximum atomic E-state index is 12.8. The minimum Gasteiger partial charge on any atom is -0.353 e. The molecule has 3 heterocycles. The van der Waals surface area contributed by atoms with Crippen LogP contribution >= 0.6 is 11.3 Å². The molecule has 2 saturated heterocycles. The molecule has 0 spiro atoms. The summed E-state index contributed by atoms with van der Waals surface area (Å²) in [5.41, 5.74) is 1.70. The maximum Gasteiger partial charge on any atom is 0.239 e. The lowest BCUT2D eigenvalue weighted by atomic mass is 10.0. The van der Waals surface area contributed by atoms with Gasteiger partial charge in [0.05, 0.1) is 6.42 Å². The van der Waals surface area contributed by atoms with E-state index in [1.54, 1.807) is 16.2 Å². The number of carbonyl (C=O) groups excluding carboxylic acids is 3. The Kier molecular flexibility index (Phi) is 4.43. The second-order valence-corrected chi connectivity index (χ2v) is 7.66. The zero-order valence-corrected chi connectivity index (χ0v) is 14.8. The maximum absolute atomic E-state index is 12.8. The van der Waals surface area contributed by atoms with E-state index in [0.717, 1.165) is 23.4 Å². The molecule has 3 aliphatic rings. The number of rotatable bonds is 3. The summed E-state index contributed by atoms with van der Waals surface area (Å²) in [7, 11) is 0. The summed E-state index contributed by atoms with van der Waals surface area (Å²) >= 11 is 1.61. The summed E-state index contributed by atoms with van der Waals surface area (Å²) in [6.07, 6.45) is 1.37. The van der Waals surface area contributed by atoms with Gasteiger partial charge in [-0.05, 0) is 23.4 Å². The number of amides is 2. The Bertz CT molecular complexity index is 741. The van der Waals surface area contributed by atoms with Gasteiger partial charge in [-0.1, -0.05) is 6.07 Å². The number of nitrogens with one attached hydrogen (secondary N) is 1. The van der Waals surface area contributed by atoms with E-state index < -0.39 is 0 Å². The standard InChI is InChI=1S/C18H21N3O3S/c22-15-4-3-12(16-2-1-9-25-16)13(15)10-17(23)21-8-7-20-6-5-19-18(24)14(20)11-21/h1-2,9,14H,3-8,10-11H2,(H,19,24)/t14-/m1/s1. The van der Waals surface area contributed by atoms with Gasteiger partial charge in [-0.25, -0.2) is 0 Å². The number of ketones is 1. The first-order valence-corrected chi connectivity index (χ1v) is 9.60. The summed E-state index contributed by atoms with van der Waals surface area (Å²) in [4.78, 5) is 42.1. The van der Waals surface area contributed by atoms with Crippen LogP contribution in [0.1, 0.15) is 24.1 Å². The zero-order valence-electron chi connectivity index (χ0n) is 14.0. The Morgan fingerprint density at radius 2 is 2.12 bits per heavy atom. The van der Waals surface area contributed by atoms with Crippen molar-refractivity contribution in [2.75, 3.05) is 32.7 Å². The average Bonchev–Trinajstić information content (AvgIpc) is 3.26. The molecule has 1 aromatic rings. The summed E-state index contributed by atoms with van der Waals surface area (Å²) in [6, 6.07) is 3.72. The first kappa shape index (κ1) is 16.5. The summed E-state index contributed by atoms with van der Waals surface area (Å²) < 4.78 is 0. The molecule has 2 aliphatic heterocycles. The fourth-order valence-electron chi connectivity index (χ4n) is 3.90. The fraction of sp³-hybridized carbons (Fsp3) is 0.500. The van der Waals surface area contributed by atoms with E-state index >= 15 is 0 Å². The van der Waals surface area contributed by atoms with E-state index in [0.29, 0.717) is 38.2 Å². The minimum atomic E-state index is -0.253. The monoisotopic (exact) mass is 359 g/mol. The molecule has 1 N–H and O–H groups in total. The third-order valence-electron chi connectivity index (χ3n) is 5.29. The van der Waals surface area contributed by atoms with Gasteiger partial charge in [0.2, 0.25) is 11.8 Å². The van der Waals surface area contributed by atoms with Crippen LogP contribution in [-0.2, 0) is 14.4 Å². The van der Waals surface area contributed by atoms with Gasteiger partial charge >= 0.3 is 0 Å². The molecule has 0 saturated carbocycles. The molecular weight excluding hydrogens is 338 g/mol. The van der Waals surface area contributed by atoms with Crippen LogP contribution in [-0.4, -0.2) is 66.2 Å². The van der Waals surface area contributed by atoms with Crippen molar-refractivity contribution in [2.45, 2.75) is 25.3 Å². The fourth-order valence-corrected chi connectivity index (χ4v) is 4.73. The highest BCUT2D eigenvalue weighted by Gasteiger charge is 2.37. The van der Waals surface area contributed by atoms with Gasteiger partial charge in [-0.2, -0.15) is 0 Å². The van der Waals surface area contributed by atoms with Crippen molar-refractivity contribution in [1.29, 1.82) is 0 Å². The van der Waals surface area contributed by atoms with Crippen molar-refractivity contribution in [1.82, 2.24) is 15.1 Å². The van der Waals surface area contributed by atoms with Crippen molar-refractivity contribution in [3.63, 3.8) is 0 Å². The van der Waals surface area contributed by atoms with Gasteiger partial charge in [0.25, 0.3) is 0 Å². The van der Waals surface area contributed by atoms with E-state index in [4.69, 9.17) is 0 Å². The number of carbonyl (C=O) groups is 3. The number of allylic oxidation sites excluding steroid dienone is 1. The van der Waals surface area contributed by atoms with Gasteiger partial charge in [0.1, 0.15) is 6.04 Å². The predicted octanol–water partition coefficient (Wildman–Crippen LogP) is 0.897. The van der Waals surface area contributed by atoms with Crippen molar-refractivity contribution in [2.24, 2.45) is 0 Å². The topological polar surface area (TPSA) is 69.7 Å². The summed E-state index contributed by atoms with van der Waals surface area (Å²) in [6.45, 7) is 3.27. The SMILES string of the molecule is O=C1CCC(c2cccs2)=C1CC(=O)N1CCN2CCNC(=O)[C@H]2C1. The Labute approximate surface area is 150 Å². The lowest BCUT2D eigenvalue weighted by Gasteiger charge is -2.43. The highest BCUT2D eigenvalue weighted by molar-refractivity contribution is 7.11. The summed E-state index contributed by atoms with van der Waals surface area (Å²) in [5.74, 6) is 0.0438. The van der Waals surface area contributed by atoms with Crippen LogP contribution in [0.15, 0.2) is 23.1 Å². The molecule has 1 aromatic heterocycles. The largest absolute Gasteiger partial charge is 0.353 e.